The molecule has 8 heterocycles. The molecule has 0 aliphatic carbocycles. The van der Waals surface area contributed by atoms with Crippen LogP contribution in [0.15, 0.2) is 109 Å². The molecular formula is C60H61ClF2N4O4S4. The third-order valence-electron chi connectivity index (χ3n) is 11.8. The van der Waals surface area contributed by atoms with Crippen molar-refractivity contribution >= 4 is 84.7 Å². The lowest BCUT2D eigenvalue weighted by Crippen LogP contribution is -2.00. The number of ether oxygens (including phenoxy) is 3. The number of carbonyl (C=O) groups excluding carboxylic acids is 1. The number of H-pyrrole nitrogens is 3. The first-order chi connectivity index (χ1) is 35.9. The van der Waals surface area contributed by atoms with E-state index in [-0.39, 0.29) is 23.5 Å². The summed E-state index contributed by atoms with van der Waals surface area (Å²) in [6.45, 7) is 18.5. The van der Waals surface area contributed by atoms with Crippen molar-refractivity contribution in [3.8, 4) is 66.2 Å². The van der Waals surface area contributed by atoms with E-state index in [9.17, 15) is 13.6 Å². The Morgan fingerprint density at radius 1 is 0.613 bits per heavy atom. The summed E-state index contributed by atoms with van der Waals surface area (Å²) in [6, 6.07) is 29.0. The monoisotopic (exact) mass is 1100 g/mol. The van der Waals surface area contributed by atoms with E-state index >= 15 is 0 Å². The van der Waals surface area contributed by atoms with Crippen LogP contribution in [0.3, 0.4) is 0 Å². The Morgan fingerprint density at radius 2 is 1.15 bits per heavy atom. The Bertz CT molecular complexity index is 3460. The quantitative estimate of drug-likeness (QED) is 0.0884. The fourth-order valence-corrected chi connectivity index (χ4v) is 12.5. The molecule has 0 atom stereocenters. The third kappa shape index (κ3) is 13.5. The highest BCUT2D eigenvalue weighted by atomic mass is 35.5. The smallest absolute Gasteiger partial charge is 0.354 e. The van der Waals surface area contributed by atoms with Gasteiger partial charge < -0.3 is 29.2 Å². The lowest BCUT2D eigenvalue weighted by Gasteiger charge is -2.00. The molecule has 0 spiro atoms. The zero-order chi connectivity index (χ0) is 54.1. The van der Waals surface area contributed by atoms with E-state index in [1.165, 1.54) is 51.2 Å². The molecule has 2 aromatic carbocycles. The minimum atomic E-state index is -0.428. The van der Waals surface area contributed by atoms with Gasteiger partial charge in [-0.2, -0.15) is 0 Å². The van der Waals surface area contributed by atoms with Crippen LogP contribution < -0.4 is 9.47 Å². The molecule has 0 aliphatic heterocycles. The van der Waals surface area contributed by atoms with E-state index in [1.807, 2.05) is 94.6 Å². The van der Waals surface area contributed by atoms with Crippen molar-refractivity contribution < 1.29 is 27.8 Å². The maximum absolute atomic E-state index is 13.9. The summed E-state index contributed by atoms with van der Waals surface area (Å²) < 4.78 is 42.9. The van der Waals surface area contributed by atoms with Gasteiger partial charge in [-0.25, -0.2) is 13.6 Å². The standard InChI is InChI=1S/C16H16ClNOS.C16H16FNOS.C15H15NS.C13H14FNO2S/c2*1-9(2)16-11(17)8-14(20-16)12-7-10-5-4-6-13(19-3)15(10)18-12;1-4-5-12-6-13(9-16-8-12)14-7-15(11(2)3)17-10-14;1-7(2)12-8(14)6-11(18-12)9-4-5-10(15-9)13(16)17-3/h2*4-9,18H,1-3H3;6-11H,1-3H3;4-7,15H,1-3H3. The minimum absolute atomic E-state index is 0.120. The topological polar surface area (TPSA) is 105 Å². The molecule has 0 amide bonds. The number of hydrogen-bond acceptors (Lipinski definition) is 9. The second-order valence-corrected chi connectivity index (χ2v) is 23.3. The number of nitrogens with zero attached hydrogens (tertiary/aromatic N) is 1. The molecule has 8 aromatic heterocycles. The van der Waals surface area contributed by atoms with Crippen molar-refractivity contribution in [1.29, 1.82) is 0 Å². The van der Waals surface area contributed by atoms with E-state index in [2.05, 4.69) is 93.9 Å². The number of halogens is 3. The predicted octanol–water partition coefficient (Wildman–Crippen LogP) is 18.9. The van der Waals surface area contributed by atoms with E-state index < -0.39 is 5.97 Å². The summed E-state index contributed by atoms with van der Waals surface area (Å²) in [5, 5.41) is 5.26. The molecule has 0 bridgehead atoms. The number of pyridine rings is 1. The molecule has 0 saturated carbocycles. The predicted molar refractivity (Wildman–Crippen MR) is 313 cm³/mol. The molecule has 3 N–H and O–H groups in total. The van der Waals surface area contributed by atoms with Gasteiger partial charge in [0.1, 0.15) is 28.8 Å². The highest BCUT2D eigenvalue weighted by Crippen LogP contribution is 2.41. The highest BCUT2D eigenvalue weighted by Gasteiger charge is 2.18. The molecule has 0 radical (unpaired) electrons. The Morgan fingerprint density at radius 3 is 1.61 bits per heavy atom. The lowest BCUT2D eigenvalue weighted by atomic mass is 10.1. The number of aromatic nitrogens is 4. The number of aromatic amines is 3. The molecule has 75 heavy (non-hydrogen) atoms. The van der Waals surface area contributed by atoms with Gasteiger partial charge in [0.15, 0.2) is 0 Å². The summed E-state index contributed by atoms with van der Waals surface area (Å²) in [4.78, 5) is 32.3. The van der Waals surface area contributed by atoms with E-state index in [4.69, 9.17) is 21.1 Å². The second kappa shape index (κ2) is 25.4. The number of hydrogen-bond donors (Lipinski definition) is 3. The number of fused-ring (bicyclic) bond motifs is 2. The molecule has 15 heteroatoms. The number of carbonyl (C=O) groups is 1. The summed E-state index contributed by atoms with van der Waals surface area (Å²) in [7, 11) is 4.66. The Labute approximate surface area is 459 Å². The number of thiophene rings is 4. The van der Waals surface area contributed by atoms with Crippen LogP contribution in [-0.4, -0.2) is 47.2 Å². The van der Waals surface area contributed by atoms with Crippen LogP contribution in [0, 0.1) is 23.5 Å². The zero-order valence-corrected chi connectivity index (χ0v) is 48.1. The van der Waals surface area contributed by atoms with Gasteiger partial charge in [0.05, 0.1) is 69.1 Å². The number of nitrogens with one attached hydrogen (secondary N) is 3. The van der Waals surface area contributed by atoms with Crippen LogP contribution in [-0.2, 0) is 4.74 Å². The molecule has 10 aromatic rings. The first kappa shape index (κ1) is 56.3. The number of esters is 1. The third-order valence-corrected chi connectivity index (χ3v) is 17.8. The van der Waals surface area contributed by atoms with Crippen LogP contribution in [0.1, 0.15) is 122 Å². The van der Waals surface area contributed by atoms with Gasteiger partial charge >= 0.3 is 5.97 Å². The van der Waals surface area contributed by atoms with Crippen molar-refractivity contribution in [3.05, 3.63) is 156 Å². The van der Waals surface area contributed by atoms with Crippen molar-refractivity contribution in [2.45, 2.75) is 86.0 Å². The van der Waals surface area contributed by atoms with Crippen molar-refractivity contribution in [3.63, 3.8) is 0 Å². The highest BCUT2D eigenvalue weighted by molar-refractivity contribution is 7.16. The number of methoxy groups -OCH3 is 3. The first-order valence-corrected chi connectivity index (χ1v) is 28.1. The molecular weight excluding hydrogens is 1040 g/mol. The molecule has 8 nitrogen and oxygen atoms in total. The molecule has 390 valence electrons. The van der Waals surface area contributed by atoms with Gasteiger partial charge in [-0.15, -0.1) is 51.3 Å². The normalized spacial score (nSPS) is 11.0. The Hall–Kier alpha value is -6.47. The van der Waals surface area contributed by atoms with E-state index in [0.29, 0.717) is 17.5 Å². The van der Waals surface area contributed by atoms with Crippen LogP contribution in [0.5, 0.6) is 11.5 Å². The summed E-state index contributed by atoms with van der Waals surface area (Å²) >= 11 is 12.8. The fourth-order valence-electron chi connectivity index (χ4n) is 7.98. The molecule has 0 unspecified atom stereocenters. The van der Waals surface area contributed by atoms with Gasteiger partial charge in [0, 0.05) is 53.8 Å². The van der Waals surface area contributed by atoms with Gasteiger partial charge in [0.2, 0.25) is 0 Å². The van der Waals surface area contributed by atoms with Gasteiger partial charge in [0.25, 0.3) is 0 Å². The Kier molecular flexibility index (Phi) is 19.0. The number of benzene rings is 2. The average molecular weight is 1100 g/mol. The van der Waals surface area contributed by atoms with Gasteiger partial charge in [-0.1, -0.05) is 97.2 Å². The maximum Gasteiger partial charge on any atom is 0.354 e. The van der Waals surface area contributed by atoms with Crippen LogP contribution in [0.4, 0.5) is 8.78 Å². The largest absolute Gasteiger partial charge is 0.495 e. The SMILES string of the molecule is CC#Cc1cncc(-c2csc(C(C)C)c2)c1.COC(=O)c1ccc(-c2cc(F)c(C(C)C)s2)[nH]1.COc1cccc2cc(-c3cc(Cl)c(C(C)C)s3)[nH]c12.COc1cccc2cc(-c3cc(F)c(C(C)C)s3)[nH]c12. The minimum Gasteiger partial charge on any atom is -0.495 e. The van der Waals surface area contributed by atoms with Crippen molar-refractivity contribution in [2.75, 3.05) is 21.3 Å². The lowest BCUT2D eigenvalue weighted by molar-refractivity contribution is 0.0595. The average Bonchev–Trinajstić information content (AvgIpc) is 4.26. The number of para-hydroxylation sites is 2. The summed E-state index contributed by atoms with van der Waals surface area (Å²) in [6.07, 6.45) is 3.70. The fraction of sp³-hybridized carbons (Fsp3) is 0.267. The van der Waals surface area contributed by atoms with Gasteiger partial charge in [-0.3, -0.25) is 4.98 Å². The Balaban J connectivity index is 0.000000146. The molecule has 0 fully saturated rings. The van der Waals surface area contributed by atoms with Crippen molar-refractivity contribution in [2.24, 2.45) is 0 Å². The van der Waals surface area contributed by atoms with E-state index in [1.54, 1.807) is 50.0 Å². The molecule has 0 aliphatic rings. The maximum atomic E-state index is 13.9. The van der Waals surface area contributed by atoms with Crippen LogP contribution in [0.2, 0.25) is 5.02 Å². The summed E-state index contributed by atoms with van der Waals surface area (Å²) in [5.74, 6) is 8.24. The summed E-state index contributed by atoms with van der Waals surface area (Å²) in [5.41, 5.74) is 8.45. The first-order valence-electron chi connectivity index (χ1n) is 24.4. The van der Waals surface area contributed by atoms with Crippen LogP contribution in [0.25, 0.3) is 64.6 Å². The molecule has 10 rings (SSSR count). The zero-order valence-electron chi connectivity index (χ0n) is 44.0. The van der Waals surface area contributed by atoms with Crippen LogP contribution >= 0.6 is 56.9 Å². The molecule has 0 saturated heterocycles. The number of rotatable bonds is 11. The van der Waals surface area contributed by atoms with E-state index in [0.717, 1.165) is 90.9 Å². The van der Waals surface area contributed by atoms with Crippen molar-refractivity contribution in [1.82, 2.24) is 19.9 Å². The van der Waals surface area contributed by atoms with Gasteiger partial charge in [-0.05, 0) is 108 Å². The second-order valence-electron chi connectivity index (χ2n) is 18.7.